The van der Waals surface area contributed by atoms with Crippen LogP contribution in [-0.2, 0) is 0 Å². The van der Waals surface area contributed by atoms with Crippen molar-refractivity contribution < 1.29 is 4.49 Å². The molecule has 0 radical (unpaired) electrons. The van der Waals surface area contributed by atoms with Crippen LogP contribution in [0, 0.1) is 0 Å². The first kappa shape index (κ1) is 13.0. The molecular formula is C16H29BN3+. The Bertz CT molecular complexity index is 387. The van der Waals surface area contributed by atoms with Crippen molar-refractivity contribution in [3.63, 3.8) is 0 Å². The molecule has 3 nitrogen and oxygen atoms in total. The van der Waals surface area contributed by atoms with Gasteiger partial charge in [0.1, 0.15) is 0 Å². The van der Waals surface area contributed by atoms with Gasteiger partial charge >= 0.3 is 12.8 Å². The molecule has 4 rings (SSSR count). The first-order valence-electron chi connectivity index (χ1n) is 8.94. The molecule has 0 aromatic heterocycles. The lowest BCUT2D eigenvalue weighted by atomic mass is 9.34. The fraction of sp³-hybridized carbons (Fsp3) is 0.938. The number of fused-ring (bicyclic) bond motifs is 3. The summed E-state index contributed by atoms with van der Waals surface area (Å²) in [6, 6.07) is 0. The Hall–Kier alpha value is -0.665. The van der Waals surface area contributed by atoms with E-state index in [2.05, 4.69) is 21.3 Å². The van der Waals surface area contributed by atoms with Crippen molar-refractivity contribution in [2.24, 2.45) is 0 Å². The Morgan fingerprint density at radius 2 is 1.55 bits per heavy atom. The van der Waals surface area contributed by atoms with Crippen LogP contribution in [0.1, 0.15) is 51.4 Å². The van der Waals surface area contributed by atoms with Crippen molar-refractivity contribution in [2.75, 3.05) is 33.2 Å². The lowest BCUT2D eigenvalue weighted by Gasteiger charge is -2.44. The Balaban J connectivity index is 1.71. The van der Waals surface area contributed by atoms with Crippen LogP contribution in [0.5, 0.6) is 0 Å². The summed E-state index contributed by atoms with van der Waals surface area (Å²) < 4.78 is 2.86. The highest BCUT2D eigenvalue weighted by molar-refractivity contribution is 6.55. The maximum atomic E-state index is 2.86. The van der Waals surface area contributed by atoms with Gasteiger partial charge in [0.15, 0.2) is 0 Å². The van der Waals surface area contributed by atoms with E-state index in [1.807, 2.05) is 0 Å². The van der Waals surface area contributed by atoms with Crippen LogP contribution in [0.3, 0.4) is 0 Å². The van der Waals surface area contributed by atoms with Gasteiger partial charge in [-0.05, 0) is 11.6 Å². The number of guanidine groups is 1. The molecular weight excluding hydrogens is 245 g/mol. The monoisotopic (exact) mass is 274 g/mol. The van der Waals surface area contributed by atoms with E-state index in [1.54, 1.807) is 5.96 Å². The fourth-order valence-corrected chi connectivity index (χ4v) is 5.52. The first-order chi connectivity index (χ1) is 9.84. The third-order valence-electron chi connectivity index (χ3n) is 6.26. The van der Waals surface area contributed by atoms with E-state index in [4.69, 9.17) is 0 Å². The van der Waals surface area contributed by atoms with Crippen LogP contribution in [0.4, 0.5) is 0 Å². The quantitative estimate of drug-likeness (QED) is 0.680. The number of hydrogen-bond acceptors (Lipinski definition) is 2. The van der Waals surface area contributed by atoms with Gasteiger partial charge in [-0.15, -0.1) is 0 Å². The molecule has 4 aliphatic heterocycles. The topological polar surface area (TPSA) is 9.49 Å². The molecule has 0 aliphatic carbocycles. The molecule has 0 aromatic rings. The average molecular weight is 274 g/mol. The highest BCUT2D eigenvalue weighted by atomic mass is 15.4. The molecule has 0 amide bonds. The summed E-state index contributed by atoms with van der Waals surface area (Å²) in [5.74, 6) is 3.57. The molecule has 110 valence electrons. The van der Waals surface area contributed by atoms with Gasteiger partial charge in [0.25, 0.3) is 0 Å². The summed E-state index contributed by atoms with van der Waals surface area (Å²) in [5, 5.41) is 0. The van der Waals surface area contributed by atoms with Crippen molar-refractivity contribution in [3.05, 3.63) is 0 Å². The summed E-state index contributed by atoms with van der Waals surface area (Å²) in [4.78, 5) is 5.23. The van der Waals surface area contributed by atoms with E-state index < -0.39 is 0 Å². The summed E-state index contributed by atoms with van der Waals surface area (Å²) in [6.07, 6.45) is 11.7. The molecule has 3 fully saturated rings. The zero-order chi connectivity index (χ0) is 13.5. The largest absolute Gasteiger partial charge is 0.343 e. The second-order valence-electron chi connectivity index (χ2n) is 7.48. The Morgan fingerprint density at radius 1 is 0.900 bits per heavy atom. The van der Waals surface area contributed by atoms with Crippen LogP contribution < -0.4 is 0 Å². The van der Waals surface area contributed by atoms with Crippen LogP contribution in [0.15, 0.2) is 0 Å². The van der Waals surface area contributed by atoms with Gasteiger partial charge in [-0.25, -0.2) is 0 Å². The molecule has 0 atom stereocenters. The molecule has 4 heteroatoms. The third-order valence-corrected chi connectivity index (χ3v) is 6.26. The average Bonchev–Trinajstić information content (AvgIpc) is 2.46. The molecule has 4 heterocycles. The van der Waals surface area contributed by atoms with E-state index in [0.29, 0.717) is 0 Å². The Labute approximate surface area is 124 Å². The number of nitrogens with zero attached hydrogens (tertiary/aromatic N) is 3. The lowest BCUT2D eigenvalue weighted by Crippen LogP contribution is -2.61. The van der Waals surface area contributed by atoms with Crippen molar-refractivity contribution in [1.29, 1.82) is 0 Å². The Kier molecular flexibility index (Phi) is 3.43. The highest BCUT2D eigenvalue weighted by Crippen LogP contribution is 2.47. The van der Waals surface area contributed by atoms with Crippen LogP contribution in [-0.4, -0.2) is 60.3 Å². The van der Waals surface area contributed by atoms with E-state index in [9.17, 15) is 0 Å². The second kappa shape index (κ2) is 5.27. The minimum Gasteiger partial charge on any atom is -0.320 e. The third kappa shape index (κ3) is 2.06. The van der Waals surface area contributed by atoms with Gasteiger partial charge < -0.3 is 4.49 Å². The van der Waals surface area contributed by atoms with Gasteiger partial charge in [0, 0.05) is 12.8 Å². The summed E-state index contributed by atoms with van der Waals surface area (Å²) in [6.45, 7) is 6.02. The molecule has 3 saturated heterocycles. The maximum absolute atomic E-state index is 2.86. The van der Waals surface area contributed by atoms with Crippen molar-refractivity contribution in [1.82, 2.24) is 9.80 Å². The zero-order valence-corrected chi connectivity index (χ0v) is 13.1. The maximum Gasteiger partial charge on any atom is 0.343 e. The second-order valence-corrected chi connectivity index (χ2v) is 7.48. The normalized spacial score (nSPS) is 34.4. The predicted molar refractivity (Wildman–Crippen MR) is 84.5 cm³/mol. The summed E-state index contributed by atoms with van der Waals surface area (Å²) in [5.41, 5.74) is 0. The lowest BCUT2D eigenvalue weighted by molar-refractivity contribution is -0.420. The number of rotatable bonds is 1. The van der Waals surface area contributed by atoms with Gasteiger partial charge in [-0.3, -0.25) is 9.80 Å². The standard InChI is InChI=1S/C16H29BN3/c1-18-10-4-11-19-12-5-13-20(16(18)19)17-14-6-2-7-15(17)9-3-8-14/h14-15H,2-13H2,1H3/q+1. The predicted octanol–water partition coefficient (Wildman–Crippen LogP) is 2.50. The SMILES string of the molecule is CN1CCCN2CCC[N+](B3C4CCCC3CCC4)=C12. The molecule has 0 unspecified atom stereocenters. The van der Waals surface area contributed by atoms with Gasteiger partial charge in [0.05, 0.1) is 33.2 Å². The van der Waals surface area contributed by atoms with Crippen molar-refractivity contribution in [2.45, 2.75) is 63.0 Å². The van der Waals surface area contributed by atoms with E-state index in [0.717, 1.165) is 18.5 Å². The van der Waals surface area contributed by atoms with Crippen molar-refractivity contribution >= 4 is 12.8 Å². The van der Waals surface area contributed by atoms with Gasteiger partial charge in [-0.1, -0.05) is 38.5 Å². The van der Waals surface area contributed by atoms with E-state index in [-0.39, 0.29) is 0 Å². The van der Waals surface area contributed by atoms with E-state index in [1.165, 1.54) is 77.5 Å². The molecule has 2 bridgehead atoms. The Morgan fingerprint density at radius 3 is 2.25 bits per heavy atom. The molecule has 0 saturated carbocycles. The molecule has 20 heavy (non-hydrogen) atoms. The van der Waals surface area contributed by atoms with Crippen molar-refractivity contribution in [3.8, 4) is 0 Å². The minimum atomic E-state index is 0.871. The number of hydrogen-bond donors (Lipinski definition) is 0. The van der Waals surface area contributed by atoms with Crippen LogP contribution in [0.2, 0.25) is 11.6 Å². The smallest absolute Gasteiger partial charge is 0.320 e. The summed E-state index contributed by atoms with van der Waals surface area (Å²) in [7, 11) is 2.32. The minimum absolute atomic E-state index is 0.871. The molecule has 0 aromatic carbocycles. The van der Waals surface area contributed by atoms with Crippen LogP contribution in [0.25, 0.3) is 0 Å². The molecule has 4 aliphatic rings. The van der Waals surface area contributed by atoms with Gasteiger partial charge in [-0.2, -0.15) is 0 Å². The van der Waals surface area contributed by atoms with Gasteiger partial charge in [0.2, 0.25) is 0 Å². The first-order valence-corrected chi connectivity index (χ1v) is 8.94. The summed E-state index contributed by atoms with van der Waals surface area (Å²) >= 11 is 0. The van der Waals surface area contributed by atoms with Crippen LogP contribution >= 0.6 is 0 Å². The highest BCUT2D eigenvalue weighted by Gasteiger charge is 2.48. The fourth-order valence-electron chi connectivity index (χ4n) is 5.52. The molecule has 0 spiro atoms. The zero-order valence-electron chi connectivity index (χ0n) is 13.1. The molecule has 0 N–H and O–H groups in total. The van der Waals surface area contributed by atoms with E-state index >= 15 is 0 Å².